The molecular formula is C14H9BrClF4N. The molecular weight excluding hydrogens is 374 g/mol. The Kier molecular flexibility index (Phi) is 4.78. The van der Waals surface area contributed by atoms with Gasteiger partial charge in [-0.3, -0.25) is 0 Å². The van der Waals surface area contributed by atoms with Gasteiger partial charge in [0.05, 0.1) is 15.1 Å². The second-order valence-electron chi connectivity index (χ2n) is 4.29. The maximum absolute atomic E-state index is 13.3. The third kappa shape index (κ3) is 4.11. The SMILES string of the molecule is Fc1cc(CNc2ccc(Cl)c(C(F)(F)F)c2)ccc1Br. The normalized spacial score (nSPS) is 11.5. The van der Waals surface area contributed by atoms with E-state index in [4.69, 9.17) is 11.6 Å². The zero-order valence-electron chi connectivity index (χ0n) is 10.4. The molecule has 7 heteroatoms. The second kappa shape index (κ2) is 6.23. The van der Waals surface area contributed by atoms with Crippen molar-refractivity contribution in [1.29, 1.82) is 0 Å². The van der Waals surface area contributed by atoms with Crippen LogP contribution in [-0.2, 0) is 12.7 Å². The van der Waals surface area contributed by atoms with Gasteiger partial charge in [0, 0.05) is 12.2 Å². The van der Waals surface area contributed by atoms with Gasteiger partial charge in [0.25, 0.3) is 0 Å². The maximum atomic E-state index is 13.3. The Hall–Kier alpha value is -1.27. The quantitative estimate of drug-likeness (QED) is 0.654. The first-order valence-electron chi connectivity index (χ1n) is 5.82. The summed E-state index contributed by atoms with van der Waals surface area (Å²) >= 11 is 8.56. The van der Waals surface area contributed by atoms with Crippen molar-refractivity contribution in [3.8, 4) is 0 Å². The Balaban J connectivity index is 2.15. The van der Waals surface area contributed by atoms with E-state index in [9.17, 15) is 17.6 Å². The first kappa shape index (κ1) is 16.1. The van der Waals surface area contributed by atoms with Crippen molar-refractivity contribution in [3.63, 3.8) is 0 Å². The first-order valence-corrected chi connectivity index (χ1v) is 6.99. The third-order valence-electron chi connectivity index (χ3n) is 2.75. The lowest BCUT2D eigenvalue weighted by Gasteiger charge is -2.12. The minimum Gasteiger partial charge on any atom is -0.381 e. The van der Waals surface area contributed by atoms with E-state index in [-0.39, 0.29) is 17.3 Å². The summed E-state index contributed by atoms with van der Waals surface area (Å²) in [4.78, 5) is 0. The average molecular weight is 383 g/mol. The van der Waals surface area contributed by atoms with Gasteiger partial charge in [-0.05, 0) is 51.8 Å². The number of hydrogen-bond acceptors (Lipinski definition) is 1. The molecule has 0 aliphatic rings. The van der Waals surface area contributed by atoms with Crippen LogP contribution in [0.2, 0.25) is 5.02 Å². The number of benzene rings is 2. The minimum absolute atomic E-state index is 0.198. The van der Waals surface area contributed by atoms with Crippen LogP contribution in [0, 0.1) is 5.82 Å². The highest BCUT2D eigenvalue weighted by atomic mass is 79.9. The molecule has 2 rings (SSSR count). The second-order valence-corrected chi connectivity index (χ2v) is 5.56. The van der Waals surface area contributed by atoms with Crippen molar-refractivity contribution in [1.82, 2.24) is 0 Å². The number of nitrogens with one attached hydrogen (secondary N) is 1. The van der Waals surface area contributed by atoms with Crippen molar-refractivity contribution in [2.75, 3.05) is 5.32 Å². The molecule has 2 aromatic rings. The fourth-order valence-electron chi connectivity index (χ4n) is 1.71. The summed E-state index contributed by atoms with van der Waals surface area (Å²) in [6, 6.07) is 8.05. The summed E-state index contributed by atoms with van der Waals surface area (Å²) in [5.41, 5.74) is -0.0367. The molecule has 2 aromatic carbocycles. The molecule has 0 saturated heterocycles. The monoisotopic (exact) mass is 381 g/mol. The third-order valence-corrected chi connectivity index (χ3v) is 3.73. The molecule has 0 unspecified atom stereocenters. The number of alkyl halides is 3. The molecule has 112 valence electrons. The van der Waals surface area contributed by atoms with Crippen molar-refractivity contribution < 1.29 is 17.6 Å². The van der Waals surface area contributed by atoms with E-state index < -0.39 is 17.6 Å². The van der Waals surface area contributed by atoms with Gasteiger partial charge in [-0.1, -0.05) is 17.7 Å². The van der Waals surface area contributed by atoms with E-state index in [1.807, 2.05) is 0 Å². The molecule has 1 nitrogen and oxygen atoms in total. The Bertz CT molecular complexity index is 658. The summed E-state index contributed by atoms with van der Waals surface area (Å²) in [7, 11) is 0. The molecule has 1 N–H and O–H groups in total. The van der Waals surface area contributed by atoms with Gasteiger partial charge in [0.15, 0.2) is 0 Å². The lowest BCUT2D eigenvalue weighted by molar-refractivity contribution is -0.137. The van der Waals surface area contributed by atoms with Crippen LogP contribution in [0.15, 0.2) is 40.9 Å². The number of anilines is 1. The highest BCUT2D eigenvalue weighted by Gasteiger charge is 2.33. The van der Waals surface area contributed by atoms with Crippen LogP contribution >= 0.6 is 27.5 Å². The van der Waals surface area contributed by atoms with Gasteiger partial charge < -0.3 is 5.32 Å². The zero-order chi connectivity index (χ0) is 15.6. The van der Waals surface area contributed by atoms with Crippen LogP contribution < -0.4 is 5.32 Å². The van der Waals surface area contributed by atoms with E-state index in [1.165, 1.54) is 24.3 Å². The van der Waals surface area contributed by atoms with Gasteiger partial charge >= 0.3 is 6.18 Å². The summed E-state index contributed by atoms with van der Waals surface area (Å²) < 4.78 is 51.8. The van der Waals surface area contributed by atoms with Crippen molar-refractivity contribution in [3.05, 3.63) is 62.8 Å². The van der Waals surface area contributed by atoms with Crippen molar-refractivity contribution in [2.45, 2.75) is 12.7 Å². The smallest absolute Gasteiger partial charge is 0.381 e. The summed E-state index contributed by atoms with van der Waals surface area (Å²) in [6.45, 7) is 0.198. The fraction of sp³-hybridized carbons (Fsp3) is 0.143. The van der Waals surface area contributed by atoms with Gasteiger partial charge in [0.1, 0.15) is 5.82 Å². The molecule has 0 heterocycles. The Morgan fingerprint density at radius 2 is 1.81 bits per heavy atom. The molecule has 0 amide bonds. The highest BCUT2D eigenvalue weighted by Crippen LogP contribution is 2.36. The van der Waals surface area contributed by atoms with Crippen LogP contribution in [0.1, 0.15) is 11.1 Å². The van der Waals surface area contributed by atoms with E-state index in [2.05, 4.69) is 21.2 Å². The Labute approximate surface area is 132 Å². The predicted molar refractivity (Wildman–Crippen MR) is 77.9 cm³/mol. The lowest BCUT2D eigenvalue weighted by Crippen LogP contribution is -2.07. The van der Waals surface area contributed by atoms with E-state index in [0.717, 1.165) is 6.07 Å². The predicted octanol–water partition coefficient (Wildman–Crippen LogP) is 5.87. The topological polar surface area (TPSA) is 12.0 Å². The van der Waals surface area contributed by atoms with E-state index in [1.54, 1.807) is 6.07 Å². The molecule has 0 saturated carbocycles. The molecule has 0 bridgehead atoms. The Morgan fingerprint density at radius 1 is 1.10 bits per heavy atom. The lowest BCUT2D eigenvalue weighted by atomic mass is 10.1. The largest absolute Gasteiger partial charge is 0.417 e. The van der Waals surface area contributed by atoms with Gasteiger partial charge in [0.2, 0.25) is 0 Å². The average Bonchev–Trinajstić information content (AvgIpc) is 2.40. The molecule has 0 aliphatic heterocycles. The van der Waals surface area contributed by atoms with Crippen LogP contribution in [0.5, 0.6) is 0 Å². The minimum atomic E-state index is -4.52. The van der Waals surface area contributed by atoms with Crippen LogP contribution in [0.4, 0.5) is 23.2 Å². The fourth-order valence-corrected chi connectivity index (χ4v) is 2.18. The zero-order valence-corrected chi connectivity index (χ0v) is 12.8. The molecule has 0 radical (unpaired) electrons. The molecule has 0 spiro atoms. The first-order chi connectivity index (χ1) is 9.77. The van der Waals surface area contributed by atoms with Crippen molar-refractivity contribution in [2.24, 2.45) is 0 Å². The standard InChI is InChI=1S/C14H9BrClF4N/c15-11-3-1-8(5-13(11)17)7-21-9-2-4-12(16)10(6-9)14(18,19)20/h1-6,21H,7H2. The van der Waals surface area contributed by atoms with Crippen LogP contribution in [-0.4, -0.2) is 0 Å². The van der Waals surface area contributed by atoms with Crippen LogP contribution in [0.25, 0.3) is 0 Å². The molecule has 0 aliphatic carbocycles. The summed E-state index contributed by atoms with van der Waals surface area (Å²) in [6.07, 6.45) is -4.52. The number of hydrogen-bond donors (Lipinski definition) is 1. The van der Waals surface area contributed by atoms with E-state index >= 15 is 0 Å². The van der Waals surface area contributed by atoms with Crippen LogP contribution in [0.3, 0.4) is 0 Å². The molecule has 0 aromatic heterocycles. The summed E-state index contributed by atoms with van der Waals surface area (Å²) in [5, 5.41) is 2.45. The number of halogens is 6. The summed E-state index contributed by atoms with van der Waals surface area (Å²) in [5.74, 6) is -0.429. The molecule has 0 fully saturated rings. The van der Waals surface area contributed by atoms with Gasteiger partial charge in [-0.15, -0.1) is 0 Å². The van der Waals surface area contributed by atoms with Gasteiger partial charge in [-0.2, -0.15) is 13.2 Å². The van der Waals surface area contributed by atoms with Gasteiger partial charge in [-0.25, -0.2) is 4.39 Å². The highest BCUT2D eigenvalue weighted by molar-refractivity contribution is 9.10. The van der Waals surface area contributed by atoms with E-state index in [0.29, 0.717) is 10.0 Å². The van der Waals surface area contributed by atoms with Crippen molar-refractivity contribution >= 4 is 33.2 Å². The molecule has 21 heavy (non-hydrogen) atoms. The number of rotatable bonds is 3. The molecule has 0 atom stereocenters. The Morgan fingerprint density at radius 3 is 2.43 bits per heavy atom. The maximum Gasteiger partial charge on any atom is 0.417 e.